The number of benzene rings is 1. The van der Waals surface area contributed by atoms with Crippen LogP contribution < -0.4 is 0 Å². The highest BCUT2D eigenvalue weighted by Crippen LogP contribution is 2.27. The largest absolute Gasteiger partial charge is 0.289 e. The minimum atomic E-state index is 0.160. The second-order valence-electron chi connectivity index (χ2n) is 3.93. The van der Waals surface area contributed by atoms with E-state index >= 15 is 0 Å². The molecule has 1 aliphatic rings. The van der Waals surface area contributed by atoms with Gasteiger partial charge in [-0.05, 0) is 49.5 Å². The van der Waals surface area contributed by atoms with Crippen LogP contribution in [0.2, 0.25) is 0 Å². The minimum absolute atomic E-state index is 0.160. The topological polar surface area (TPSA) is 17.1 Å². The Hall–Kier alpha value is -0.410. The molecule has 0 radical (unpaired) electrons. The molecule has 0 heterocycles. The third-order valence-corrected chi connectivity index (χ3v) is 3.94. The molecule has 1 nitrogen and oxygen atoms in total. The summed E-state index contributed by atoms with van der Waals surface area (Å²) in [7, 11) is 0. The van der Waals surface area contributed by atoms with Crippen LogP contribution in [0.5, 0.6) is 0 Å². The maximum absolute atomic E-state index is 12.3. The number of hydrogen-bond donors (Lipinski definition) is 0. The lowest BCUT2D eigenvalue weighted by Crippen LogP contribution is -2.07. The van der Waals surface area contributed by atoms with Crippen molar-refractivity contribution >= 4 is 37.6 Å². The van der Waals surface area contributed by atoms with Crippen LogP contribution in [0.15, 0.2) is 38.8 Å². The van der Waals surface area contributed by atoms with E-state index in [4.69, 9.17) is 0 Å². The zero-order valence-electron chi connectivity index (χ0n) is 8.80. The van der Waals surface area contributed by atoms with Crippen LogP contribution in [-0.4, -0.2) is 5.78 Å². The molecule has 0 atom stereocenters. The van der Waals surface area contributed by atoms with E-state index in [2.05, 4.69) is 37.9 Å². The van der Waals surface area contributed by atoms with Crippen LogP contribution in [0.4, 0.5) is 0 Å². The predicted molar refractivity (Wildman–Crippen MR) is 72.7 cm³/mol. The molecule has 0 saturated heterocycles. The summed E-state index contributed by atoms with van der Waals surface area (Å²) in [5, 5.41) is 0. The highest BCUT2D eigenvalue weighted by molar-refractivity contribution is 9.11. The van der Waals surface area contributed by atoms with Gasteiger partial charge in [-0.2, -0.15) is 0 Å². The van der Waals surface area contributed by atoms with Gasteiger partial charge < -0.3 is 0 Å². The van der Waals surface area contributed by atoms with Crippen molar-refractivity contribution in [2.24, 2.45) is 0 Å². The van der Waals surface area contributed by atoms with Gasteiger partial charge in [-0.3, -0.25) is 4.79 Å². The molecule has 0 spiro atoms. The Morgan fingerprint density at radius 1 is 1.19 bits per heavy atom. The molecule has 0 unspecified atom stereocenters. The number of halogens is 2. The Morgan fingerprint density at radius 2 is 2.00 bits per heavy atom. The molecule has 16 heavy (non-hydrogen) atoms. The molecule has 84 valence electrons. The van der Waals surface area contributed by atoms with E-state index in [1.165, 1.54) is 6.42 Å². The van der Waals surface area contributed by atoms with Crippen LogP contribution in [0.25, 0.3) is 0 Å². The minimum Gasteiger partial charge on any atom is -0.289 e. The molecule has 0 bridgehead atoms. The fourth-order valence-electron chi connectivity index (χ4n) is 1.89. The third-order valence-electron chi connectivity index (χ3n) is 2.76. The summed E-state index contributed by atoms with van der Waals surface area (Å²) in [5.74, 6) is 0.160. The van der Waals surface area contributed by atoms with Gasteiger partial charge in [0.05, 0.1) is 0 Å². The Balaban J connectivity index is 2.33. The number of carbonyl (C=O) groups is 1. The fraction of sp³-hybridized carbons (Fsp3) is 0.308. The highest BCUT2D eigenvalue weighted by Gasteiger charge is 2.16. The highest BCUT2D eigenvalue weighted by atomic mass is 79.9. The van der Waals surface area contributed by atoms with Gasteiger partial charge in [0.1, 0.15) is 0 Å². The molecule has 0 aliphatic heterocycles. The van der Waals surface area contributed by atoms with Crippen LogP contribution in [0, 0.1) is 0 Å². The van der Waals surface area contributed by atoms with Crippen molar-refractivity contribution in [2.75, 3.05) is 0 Å². The van der Waals surface area contributed by atoms with Crippen LogP contribution in [0.1, 0.15) is 36.0 Å². The van der Waals surface area contributed by atoms with Crippen molar-refractivity contribution in [2.45, 2.75) is 25.7 Å². The van der Waals surface area contributed by atoms with E-state index in [0.29, 0.717) is 0 Å². The van der Waals surface area contributed by atoms with Crippen molar-refractivity contribution in [1.29, 1.82) is 0 Å². The summed E-state index contributed by atoms with van der Waals surface area (Å²) < 4.78 is 1.81. The predicted octanol–water partition coefficient (Wildman–Crippen LogP) is 4.89. The number of allylic oxidation sites excluding steroid dienone is 2. The van der Waals surface area contributed by atoms with Gasteiger partial charge in [0.25, 0.3) is 0 Å². The van der Waals surface area contributed by atoms with E-state index in [-0.39, 0.29) is 5.78 Å². The lowest BCUT2D eigenvalue weighted by molar-refractivity contribution is 0.102. The molecule has 1 aliphatic carbocycles. The second kappa shape index (κ2) is 5.28. The summed E-state index contributed by atoms with van der Waals surface area (Å²) in [6.07, 6.45) is 6.36. The Kier molecular flexibility index (Phi) is 3.98. The monoisotopic (exact) mass is 342 g/mol. The van der Waals surface area contributed by atoms with E-state index in [1.54, 1.807) is 0 Å². The maximum atomic E-state index is 12.3. The summed E-state index contributed by atoms with van der Waals surface area (Å²) >= 11 is 6.82. The zero-order valence-corrected chi connectivity index (χ0v) is 12.0. The van der Waals surface area contributed by atoms with Crippen molar-refractivity contribution in [3.63, 3.8) is 0 Å². The lowest BCUT2D eigenvalue weighted by Gasteiger charge is -2.12. The Labute approximate surface area is 112 Å². The molecule has 1 aromatic carbocycles. The van der Waals surface area contributed by atoms with Crippen molar-refractivity contribution in [1.82, 2.24) is 0 Å². The third kappa shape index (κ3) is 2.64. The lowest BCUT2D eigenvalue weighted by atomic mass is 9.93. The van der Waals surface area contributed by atoms with Crippen molar-refractivity contribution < 1.29 is 4.79 Å². The Bertz CT molecular complexity index is 449. The molecule has 2 rings (SSSR count). The molecular weight excluding hydrogens is 332 g/mol. The first-order valence-electron chi connectivity index (χ1n) is 5.37. The summed E-state index contributed by atoms with van der Waals surface area (Å²) in [4.78, 5) is 12.3. The van der Waals surface area contributed by atoms with Crippen LogP contribution >= 0.6 is 31.9 Å². The number of hydrogen-bond acceptors (Lipinski definition) is 1. The molecule has 0 saturated carbocycles. The standard InChI is InChI=1S/C13H12Br2O/c14-10-6-7-12(15)11(8-10)13(16)9-4-2-1-3-5-9/h4,6-8H,1-3,5H2. The number of ketones is 1. The average Bonchev–Trinajstić information content (AvgIpc) is 2.32. The number of Topliss-reactive ketones (excluding diaryl/α,β-unsaturated/α-hetero) is 1. The molecular formula is C13H12Br2O. The first-order valence-corrected chi connectivity index (χ1v) is 6.96. The SMILES string of the molecule is O=C(C1=CCCCC1)c1cc(Br)ccc1Br. The zero-order chi connectivity index (χ0) is 11.5. The smallest absolute Gasteiger partial charge is 0.189 e. The first-order chi connectivity index (χ1) is 7.68. The Morgan fingerprint density at radius 3 is 2.69 bits per heavy atom. The van der Waals surface area contributed by atoms with Crippen molar-refractivity contribution in [3.05, 3.63) is 44.4 Å². The number of rotatable bonds is 2. The molecule has 3 heteroatoms. The van der Waals surface area contributed by atoms with E-state index in [9.17, 15) is 4.79 Å². The van der Waals surface area contributed by atoms with Gasteiger partial charge in [-0.1, -0.05) is 37.9 Å². The first kappa shape index (κ1) is 12.1. The van der Waals surface area contributed by atoms with Crippen molar-refractivity contribution in [3.8, 4) is 0 Å². The molecule has 1 aromatic rings. The van der Waals surface area contributed by atoms with Crippen LogP contribution in [-0.2, 0) is 0 Å². The van der Waals surface area contributed by atoms with Gasteiger partial charge >= 0.3 is 0 Å². The summed E-state index contributed by atoms with van der Waals surface area (Å²) in [5.41, 5.74) is 1.72. The van der Waals surface area contributed by atoms with Gasteiger partial charge in [-0.15, -0.1) is 0 Å². The maximum Gasteiger partial charge on any atom is 0.189 e. The summed E-state index contributed by atoms with van der Waals surface area (Å²) in [6, 6.07) is 5.71. The molecule has 0 amide bonds. The number of carbonyl (C=O) groups excluding carboxylic acids is 1. The van der Waals surface area contributed by atoms with E-state index in [1.807, 2.05) is 18.2 Å². The van der Waals surface area contributed by atoms with Gasteiger partial charge in [0.15, 0.2) is 5.78 Å². The quantitative estimate of drug-likeness (QED) is 0.698. The average molecular weight is 344 g/mol. The molecule has 0 aromatic heterocycles. The van der Waals surface area contributed by atoms with Gasteiger partial charge in [0.2, 0.25) is 0 Å². The van der Waals surface area contributed by atoms with E-state index < -0.39 is 0 Å². The normalized spacial score (nSPS) is 15.8. The van der Waals surface area contributed by atoms with Gasteiger partial charge in [0, 0.05) is 14.5 Å². The fourth-order valence-corrected chi connectivity index (χ4v) is 2.68. The summed E-state index contributed by atoms with van der Waals surface area (Å²) in [6.45, 7) is 0. The van der Waals surface area contributed by atoms with Crippen LogP contribution in [0.3, 0.4) is 0 Å². The molecule has 0 fully saturated rings. The molecule has 0 N–H and O–H groups in total. The van der Waals surface area contributed by atoms with E-state index in [0.717, 1.165) is 39.3 Å². The van der Waals surface area contributed by atoms with Gasteiger partial charge in [-0.25, -0.2) is 0 Å². The second-order valence-corrected chi connectivity index (χ2v) is 5.70.